The predicted molar refractivity (Wildman–Crippen MR) is 152 cm³/mol. The van der Waals surface area contributed by atoms with Crippen LogP contribution in [0.4, 0.5) is 27.6 Å². The smallest absolute Gasteiger partial charge is 0.433 e. The summed E-state index contributed by atoms with van der Waals surface area (Å²) < 4.78 is 98.8. The Morgan fingerprint density at radius 3 is 2.36 bits per heavy atom. The molecule has 1 saturated heterocycles. The highest BCUT2D eigenvalue weighted by Gasteiger charge is 2.35. The van der Waals surface area contributed by atoms with Gasteiger partial charge in [0.2, 0.25) is 0 Å². The van der Waals surface area contributed by atoms with E-state index in [9.17, 15) is 40.4 Å². The molecule has 4 rings (SSSR count). The molecule has 1 unspecified atom stereocenters. The lowest BCUT2D eigenvalue weighted by molar-refractivity contribution is -0.141. The molecule has 45 heavy (non-hydrogen) atoms. The number of nitriles is 1. The molecule has 3 atom stereocenters. The quantitative estimate of drug-likeness (QED) is 0.253. The van der Waals surface area contributed by atoms with E-state index < -0.39 is 52.4 Å². The van der Waals surface area contributed by atoms with Gasteiger partial charge in [-0.15, -0.1) is 0 Å². The normalized spacial score (nSPS) is 17.6. The number of hydrogen-bond donors (Lipinski definition) is 1. The fourth-order valence-corrected chi connectivity index (χ4v) is 5.77. The molecule has 0 aliphatic carbocycles. The van der Waals surface area contributed by atoms with Crippen LogP contribution in [0.25, 0.3) is 0 Å². The van der Waals surface area contributed by atoms with Crippen molar-refractivity contribution in [3.05, 3.63) is 83.7 Å². The molecule has 1 amide bonds. The minimum atomic E-state index is -4.61. The van der Waals surface area contributed by atoms with Crippen LogP contribution in [0.1, 0.15) is 47.4 Å². The van der Waals surface area contributed by atoms with E-state index in [2.05, 4.69) is 15.0 Å². The molecule has 1 aliphatic heterocycles. The first kappa shape index (κ1) is 33.6. The third-order valence-corrected chi connectivity index (χ3v) is 8.95. The van der Waals surface area contributed by atoms with Gasteiger partial charge >= 0.3 is 12.8 Å². The number of amides is 1. The van der Waals surface area contributed by atoms with Crippen LogP contribution in [0.2, 0.25) is 0 Å². The van der Waals surface area contributed by atoms with E-state index in [4.69, 9.17) is 4.74 Å². The number of nitrogens with zero attached hydrogens (tertiary/aromatic N) is 3. The predicted octanol–water partition coefficient (Wildman–Crippen LogP) is 5.54. The summed E-state index contributed by atoms with van der Waals surface area (Å²) in [6, 6.07) is 14.8. The number of alkyl halides is 5. The summed E-state index contributed by atoms with van der Waals surface area (Å²) >= 11 is 0. The van der Waals surface area contributed by atoms with Crippen LogP contribution >= 0.6 is 0 Å². The molecule has 0 spiro atoms. The molecule has 1 aromatic heterocycles. The number of ether oxygens (including phenoxy) is 2. The van der Waals surface area contributed by atoms with Gasteiger partial charge in [-0.05, 0) is 54.1 Å². The van der Waals surface area contributed by atoms with Gasteiger partial charge in [-0.25, -0.2) is 13.4 Å². The van der Waals surface area contributed by atoms with E-state index in [1.54, 1.807) is 29.2 Å². The third kappa shape index (κ3) is 8.67. The van der Waals surface area contributed by atoms with Crippen LogP contribution in [0.3, 0.4) is 0 Å². The van der Waals surface area contributed by atoms with Crippen LogP contribution in [-0.4, -0.2) is 57.0 Å². The van der Waals surface area contributed by atoms with E-state index in [0.29, 0.717) is 11.3 Å². The van der Waals surface area contributed by atoms with Crippen LogP contribution < -0.4 is 15.0 Å². The Bertz CT molecular complexity index is 1600. The molecule has 3 aromatic rings. The maximum absolute atomic E-state index is 13.1. The highest BCUT2D eigenvalue weighted by molar-refractivity contribution is 7.91. The Morgan fingerprint density at radius 2 is 1.80 bits per heavy atom. The first-order chi connectivity index (χ1) is 21.3. The SMILES string of the molecule is CCS(=O)(=O)c1ccc(C(CC#N)NC(=O)c2ccc(N3C[C@H](Oc4ccc(C(F)(F)F)nc4)C[C@H]3COC(F)F)cc2)cc1. The number of hydrogen-bond acceptors (Lipinski definition) is 8. The molecule has 2 heterocycles. The van der Waals surface area contributed by atoms with Crippen LogP contribution in [0, 0.1) is 11.3 Å². The zero-order chi connectivity index (χ0) is 32.8. The summed E-state index contributed by atoms with van der Waals surface area (Å²) in [5.74, 6) is -0.478. The number of sulfone groups is 1. The second-order valence-corrected chi connectivity index (χ2v) is 12.4. The van der Waals surface area contributed by atoms with Gasteiger partial charge in [0.05, 0.1) is 54.6 Å². The highest BCUT2D eigenvalue weighted by Crippen LogP contribution is 2.31. The van der Waals surface area contributed by atoms with E-state index >= 15 is 0 Å². The molecule has 1 N–H and O–H groups in total. The van der Waals surface area contributed by atoms with Crippen LogP contribution in [-0.2, 0) is 20.8 Å². The van der Waals surface area contributed by atoms with E-state index in [1.165, 1.54) is 31.2 Å². The van der Waals surface area contributed by atoms with E-state index in [-0.39, 0.29) is 48.0 Å². The summed E-state index contributed by atoms with van der Waals surface area (Å²) in [6.45, 7) is -1.64. The number of nitrogens with one attached hydrogen (secondary N) is 1. The topological polar surface area (TPSA) is 122 Å². The Balaban J connectivity index is 1.46. The number of rotatable bonds is 12. The molecule has 1 fully saturated rings. The lowest BCUT2D eigenvalue weighted by Gasteiger charge is -2.26. The van der Waals surface area contributed by atoms with Crippen molar-refractivity contribution < 1.29 is 44.6 Å². The van der Waals surface area contributed by atoms with Gasteiger partial charge in [0.1, 0.15) is 17.5 Å². The second-order valence-electron chi connectivity index (χ2n) is 10.2. The van der Waals surface area contributed by atoms with Gasteiger partial charge in [0.25, 0.3) is 5.91 Å². The summed E-state index contributed by atoms with van der Waals surface area (Å²) in [5, 5.41) is 12.1. The fraction of sp³-hybridized carbons (Fsp3) is 0.367. The number of aromatic nitrogens is 1. The molecule has 0 saturated carbocycles. The van der Waals surface area contributed by atoms with Crippen molar-refractivity contribution >= 4 is 21.4 Å². The molecule has 240 valence electrons. The summed E-state index contributed by atoms with van der Waals surface area (Å²) in [5.41, 5.74) is 0.279. The maximum Gasteiger partial charge on any atom is 0.433 e. The van der Waals surface area contributed by atoms with Crippen LogP contribution in [0.5, 0.6) is 5.75 Å². The van der Waals surface area contributed by atoms with Crippen molar-refractivity contribution in [2.24, 2.45) is 0 Å². The second kappa shape index (κ2) is 14.2. The van der Waals surface area contributed by atoms with Gasteiger partial charge in [-0.3, -0.25) is 4.79 Å². The lowest BCUT2D eigenvalue weighted by Crippen LogP contribution is -2.34. The molecule has 0 bridgehead atoms. The Morgan fingerprint density at radius 1 is 1.11 bits per heavy atom. The molecule has 2 aromatic carbocycles. The zero-order valence-corrected chi connectivity index (χ0v) is 24.7. The van der Waals surface area contributed by atoms with Crippen molar-refractivity contribution in [2.75, 3.05) is 23.8 Å². The Kier molecular flexibility index (Phi) is 10.6. The van der Waals surface area contributed by atoms with Gasteiger partial charge in [0.15, 0.2) is 9.84 Å². The van der Waals surface area contributed by atoms with Crippen molar-refractivity contribution in [1.29, 1.82) is 5.26 Å². The molecule has 1 aliphatic rings. The largest absolute Gasteiger partial charge is 0.487 e. The lowest BCUT2D eigenvalue weighted by atomic mass is 10.0. The number of anilines is 1. The van der Waals surface area contributed by atoms with Crippen LogP contribution in [0.15, 0.2) is 71.8 Å². The number of benzene rings is 2. The summed E-state index contributed by atoms with van der Waals surface area (Å²) in [4.78, 5) is 18.3. The van der Waals surface area contributed by atoms with E-state index in [0.717, 1.165) is 18.3 Å². The highest BCUT2D eigenvalue weighted by atomic mass is 32.2. The summed E-state index contributed by atoms with van der Waals surface area (Å²) in [7, 11) is -3.42. The van der Waals surface area contributed by atoms with E-state index in [1.807, 2.05) is 6.07 Å². The van der Waals surface area contributed by atoms with Crippen molar-refractivity contribution in [3.63, 3.8) is 0 Å². The van der Waals surface area contributed by atoms with Gasteiger partial charge in [-0.2, -0.15) is 27.2 Å². The molecular weight excluding hydrogens is 623 g/mol. The first-order valence-electron chi connectivity index (χ1n) is 13.8. The molecule has 15 heteroatoms. The van der Waals surface area contributed by atoms with Gasteiger partial charge in [0, 0.05) is 17.7 Å². The first-order valence-corrected chi connectivity index (χ1v) is 15.4. The van der Waals surface area contributed by atoms with Gasteiger partial charge in [-0.1, -0.05) is 19.1 Å². The molecule has 9 nitrogen and oxygen atoms in total. The number of pyridine rings is 1. The fourth-order valence-electron chi connectivity index (χ4n) is 4.89. The average Bonchev–Trinajstić information content (AvgIpc) is 3.42. The minimum absolute atomic E-state index is 0.0670. The van der Waals surface area contributed by atoms with Crippen molar-refractivity contribution in [3.8, 4) is 11.8 Å². The summed E-state index contributed by atoms with van der Waals surface area (Å²) in [6.07, 6.45) is -4.08. The average molecular weight is 653 g/mol. The minimum Gasteiger partial charge on any atom is -0.487 e. The number of halogens is 5. The monoisotopic (exact) mass is 652 g/mol. The van der Waals surface area contributed by atoms with Gasteiger partial charge < -0.3 is 19.7 Å². The number of carbonyl (C=O) groups is 1. The standard InChI is InChI=1S/C30H29F5N4O5S/c1-2-45(41,42)25-10-5-19(6-11-25)26(13-14-36)38-28(40)20-3-7-21(8-4-20)39-17-24(15-22(39)18-43-29(31)32)44-23-9-12-27(37-16-23)30(33,34)35/h3-12,16,22,24,26,29H,2,13,15,17-18H2,1H3,(H,38,40)/t22-,24+,26?/m0/s1. The van der Waals surface area contributed by atoms with Crippen molar-refractivity contribution in [2.45, 2.75) is 55.6 Å². The molecule has 0 radical (unpaired) electrons. The maximum atomic E-state index is 13.1. The zero-order valence-electron chi connectivity index (χ0n) is 23.9. The Hall–Kier alpha value is -4.29. The van der Waals surface area contributed by atoms with Crippen molar-refractivity contribution in [1.82, 2.24) is 10.3 Å². The Labute approximate surface area is 256 Å². The molecular formula is C30H29F5N4O5S. The number of carbonyl (C=O) groups excluding carboxylic acids is 1. The third-order valence-electron chi connectivity index (χ3n) is 7.20.